The van der Waals surface area contributed by atoms with Crippen molar-refractivity contribution in [3.8, 4) is 5.75 Å². The smallest absolute Gasteiger partial charge is 0.251 e. The first-order valence-corrected chi connectivity index (χ1v) is 14.4. The minimum atomic E-state index is -0.930. The maximum Gasteiger partial charge on any atom is 0.251 e. The van der Waals surface area contributed by atoms with E-state index in [9.17, 15) is 14.4 Å². The number of benzene rings is 4. The Labute approximate surface area is 252 Å². The molecular weight excluding hydrogens is 540 g/mol. The van der Waals surface area contributed by atoms with Crippen molar-refractivity contribution in [2.75, 3.05) is 6.61 Å². The van der Waals surface area contributed by atoms with Crippen LogP contribution in [0.5, 0.6) is 5.75 Å². The van der Waals surface area contributed by atoms with Gasteiger partial charge in [-0.3, -0.25) is 14.4 Å². The van der Waals surface area contributed by atoms with Gasteiger partial charge in [0.05, 0.1) is 6.61 Å². The average Bonchev–Trinajstić information content (AvgIpc) is 3.05. The second-order valence-electron chi connectivity index (χ2n) is 10.2. The highest BCUT2D eigenvalue weighted by molar-refractivity contribution is 5.98. The molecule has 0 saturated heterocycles. The number of carbonyl (C=O) groups is 3. The zero-order valence-corrected chi connectivity index (χ0v) is 24.3. The van der Waals surface area contributed by atoms with Gasteiger partial charge in [-0.2, -0.15) is 0 Å². The number of rotatable bonds is 14. The van der Waals surface area contributed by atoms with Crippen molar-refractivity contribution in [3.05, 3.63) is 137 Å². The van der Waals surface area contributed by atoms with Crippen LogP contribution >= 0.6 is 0 Å². The second-order valence-corrected chi connectivity index (χ2v) is 10.2. The summed E-state index contributed by atoms with van der Waals surface area (Å²) in [6.07, 6.45) is 0.511. The molecule has 0 aliphatic carbocycles. The van der Waals surface area contributed by atoms with E-state index in [1.807, 2.05) is 91.9 Å². The average molecular weight is 579 g/mol. The molecule has 0 unspecified atom stereocenters. The van der Waals surface area contributed by atoms with Gasteiger partial charge in [0, 0.05) is 31.5 Å². The Hall–Kier alpha value is -4.95. The predicted molar refractivity (Wildman–Crippen MR) is 167 cm³/mol. The molecule has 5 N–H and O–H groups in total. The first kappa shape index (κ1) is 31.0. The van der Waals surface area contributed by atoms with Crippen LogP contribution in [-0.2, 0) is 35.5 Å². The summed E-state index contributed by atoms with van der Waals surface area (Å²) in [6.45, 7) is 3.19. The molecule has 2 atom stereocenters. The van der Waals surface area contributed by atoms with Crippen molar-refractivity contribution >= 4 is 17.7 Å². The Morgan fingerprint density at radius 1 is 0.651 bits per heavy atom. The molecular formula is C35H38N4O4. The largest absolute Gasteiger partial charge is 0.494 e. The molecule has 0 aliphatic heterocycles. The fourth-order valence-corrected chi connectivity index (χ4v) is 4.60. The summed E-state index contributed by atoms with van der Waals surface area (Å²) >= 11 is 0. The standard InChI is InChI=1S/C35H38N4O4/c1-2-43-30-19-17-26(18-20-30)22-32(38-33(40)29-11-7-4-8-12-29)35(42)39-31(21-25-9-5-3-6-10-25)34(41)37-24-28-15-13-27(23-36)14-16-28/h3-20,31-32H,2,21-24,36H2,1H3,(H,37,41)(H,38,40)(H,39,42)/t31-,32+/m1/s1. The van der Waals surface area contributed by atoms with Crippen LogP contribution in [0.3, 0.4) is 0 Å². The van der Waals surface area contributed by atoms with Crippen molar-refractivity contribution in [2.24, 2.45) is 5.73 Å². The van der Waals surface area contributed by atoms with E-state index in [1.165, 1.54) is 0 Å². The first-order chi connectivity index (χ1) is 20.9. The summed E-state index contributed by atoms with van der Waals surface area (Å²) in [5.74, 6) is -0.439. The van der Waals surface area contributed by atoms with Gasteiger partial charge in [0.1, 0.15) is 17.8 Å². The number of hydrogen-bond acceptors (Lipinski definition) is 5. The van der Waals surface area contributed by atoms with Crippen molar-refractivity contribution in [2.45, 2.75) is 44.9 Å². The Morgan fingerprint density at radius 3 is 1.79 bits per heavy atom. The van der Waals surface area contributed by atoms with Crippen LogP contribution < -0.4 is 26.4 Å². The topological polar surface area (TPSA) is 123 Å². The summed E-state index contributed by atoms with van der Waals surface area (Å²) in [5, 5.41) is 8.75. The molecule has 0 aromatic heterocycles. The molecule has 222 valence electrons. The van der Waals surface area contributed by atoms with E-state index in [4.69, 9.17) is 10.5 Å². The summed E-state index contributed by atoms with van der Waals surface area (Å²) in [4.78, 5) is 40.4. The highest BCUT2D eigenvalue weighted by Crippen LogP contribution is 2.15. The van der Waals surface area contributed by atoms with Gasteiger partial charge in [0.15, 0.2) is 0 Å². The Morgan fingerprint density at radius 2 is 1.19 bits per heavy atom. The van der Waals surface area contributed by atoms with E-state index in [0.717, 1.165) is 28.0 Å². The van der Waals surface area contributed by atoms with Gasteiger partial charge in [-0.15, -0.1) is 0 Å². The predicted octanol–water partition coefficient (Wildman–Crippen LogP) is 3.93. The normalized spacial score (nSPS) is 12.0. The van der Waals surface area contributed by atoms with Crippen molar-refractivity contribution < 1.29 is 19.1 Å². The molecule has 0 radical (unpaired) electrons. The van der Waals surface area contributed by atoms with E-state index in [1.54, 1.807) is 24.3 Å². The first-order valence-electron chi connectivity index (χ1n) is 14.4. The molecule has 8 nitrogen and oxygen atoms in total. The van der Waals surface area contributed by atoms with Gasteiger partial charge < -0.3 is 26.4 Å². The zero-order valence-electron chi connectivity index (χ0n) is 24.3. The van der Waals surface area contributed by atoms with E-state index in [-0.39, 0.29) is 24.7 Å². The van der Waals surface area contributed by atoms with Crippen LogP contribution in [0.2, 0.25) is 0 Å². The van der Waals surface area contributed by atoms with Crippen LogP contribution in [0, 0.1) is 0 Å². The quantitative estimate of drug-likeness (QED) is 0.181. The SMILES string of the molecule is CCOc1ccc(C[C@H](NC(=O)c2ccccc2)C(=O)N[C@H](Cc2ccccc2)C(=O)NCc2ccc(CN)cc2)cc1. The molecule has 0 spiro atoms. The maximum atomic E-state index is 13.8. The molecule has 43 heavy (non-hydrogen) atoms. The van der Waals surface area contributed by atoms with Crippen molar-refractivity contribution in [1.82, 2.24) is 16.0 Å². The molecule has 4 aromatic rings. The third kappa shape index (κ3) is 9.55. The molecule has 4 rings (SSSR count). The van der Waals surface area contributed by atoms with Gasteiger partial charge in [-0.1, -0.05) is 84.9 Å². The third-order valence-corrected chi connectivity index (χ3v) is 6.97. The van der Waals surface area contributed by atoms with Gasteiger partial charge >= 0.3 is 0 Å². The number of hydrogen-bond donors (Lipinski definition) is 4. The minimum absolute atomic E-state index is 0.226. The van der Waals surface area contributed by atoms with E-state index in [2.05, 4.69) is 16.0 Å². The molecule has 0 aliphatic rings. The molecule has 8 heteroatoms. The van der Waals surface area contributed by atoms with Gasteiger partial charge in [-0.05, 0) is 53.4 Å². The van der Waals surface area contributed by atoms with E-state index >= 15 is 0 Å². The summed E-state index contributed by atoms with van der Waals surface area (Å²) in [6, 6.07) is 31.5. The number of nitrogens with two attached hydrogens (primary N) is 1. The van der Waals surface area contributed by atoms with Crippen LogP contribution in [-0.4, -0.2) is 36.4 Å². The lowest BCUT2D eigenvalue weighted by Crippen LogP contribution is -2.55. The number of carbonyl (C=O) groups excluding carboxylic acids is 3. The van der Waals surface area contributed by atoms with Crippen LogP contribution in [0.4, 0.5) is 0 Å². The number of nitrogens with one attached hydrogen (secondary N) is 3. The fraction of sp³-hybridized carbons (Fsp3) is 0.229. The lowest BCUT2D eigenvalue weighted by Gasteiger charge is -2.24. The number of amides is 3. The van der Waals surface area contributed by atoms with E-state index < -0.39 is 18.0 Å². The third-order valence-electron chi connectivity index (χ3n) is 6.97. The summed E-state index contributed by atoms with van der Waals surface area (Å²) in [5.41, 5.74) is 9.78. The highest BCUT2D eigenvalue weighted by atomic mass is 16.5. The molecule has 0 bridgehead atoms. The van der Waals surface area contributed by atoms with Gasteiger partial charge in [0.25, 0.3) is 5.91 Å². The zero-order chi connectivity index (χ0) is 30.4. The Balaban J connectivity index is 1.53. The lowest BCUT2D eigenvalue weighted by atomic mass is 10.0. The second kappa shape index (κ2) is 15.9. The van der Waals surface area contributed by atoms with E-state index in [0.29, 0.717) is 25.3 Å². The van der Waals surface area contributed by atoms with Crippen LogP contribution in [0.1, 0.15) is 39.5 Å². The highest BCUT2D eigenvalue weighted by Gasteiger charge is 2.27. The molecule has 0 heterocycles. The Kier molecular flexibility index (Phi) is 11.5. The van der Waals surface area contributed by atoms with Gasteiger partial charge in [0.2, 0.25) is 11.8 Å². The minimum Gasteiger partial charge on any atom is -0.494 e. The molecule has 4 aromatic carbocycles. The van der Waals surface area contributed by atoms with Crippen LogP contribution in [0.15, 0.2) is 109 Å². The summed E-state index contributed by atoms with van der Waals surface area (Å²) in [7, 11) is 0. The summed E-state index contributed by atoms with van der Waals surface area (Å²) < 4.78 is 5.54. The maximum absolute atomic E-state index is 13.8. The fourth-order valence-electron chi connectivity index (χ4n) is 4.60. The van der Waals surface area contributed by atoms with Gasteiger partial charge in [-0.25, -0.2) is 0 Å². The monoisotopic (exact) mass is 578 g/mol. The molecule has 0 fully saturated rings. The van der Waals surface area contributed by atoms with Crippen LogP contribution in [0.25, 0.3) is 0 Å². The van der Waals surface area contributed by atoms with Crippen molar-refractivity contribution in [1.29, 1.82) is 0 Å². The number of ether oxygens (including phenoxy) is 1. The van der Waals surface area contributed by atoms with Crippen molar-refractivity contribution in [3.63, 3.8) is 0 Å². The lowest BCUT2D eigenvalue weighted by molar-refractivity contribution is -0.130. The molecule has 3 amide bonds. The molecule has 0 saturated carbocycles. The Bertz CT molecular complexity index is 1460.